The fraction of sp³-hybridized carbons (Fsp3) is 0.0625. The molecule has 0 saturated carbocycles. The number of hydrogen-bond donors (Lipinski definition) is 1. The summed E-state index contributed by atoms with van der Waals surface area (Å²) in [7, 11) is 1.85. The Morgan fingerprint density at radius 1 is 1.25 bits per heavy atom. The third-order valence-corrected chi connectivity index (χ3v) is 4.40. The Bertz CT molecular complexity index is 1030. The summed E-state index contributed by atoms with van der Waals surface area (Å²) >= 11 is 1.32. The van der Waals surface area contributed by atoms with E-state index in [1.165, 1.54) is 29.7 Å². The molecule has 0 radical (unpaired) electrons. The van der Waals surface area contributed by atoms with Crippen molar-refractivity contribution in [3.05, 3.63) is 59.6 Å². The molecule has 3 heterocycles. The van der Waals surface area contributed by atoms with Crippen molar-refractivity contribution in [2.45, 2.75) is 0 Å². The summed E-state index contributed by atoms with van der Waals surface area (Å²) in [6.07, 6.45) is 5.14. The fourth-order valence-corrected chi connectivity index (χ4v) is 3.17. The number of imidazole rings is 1. The molecule has 6 nitrogen and oxygen atoms in total. The van der Waals surface area contributed by atoms with Gasteiger partial charge in [0.2, 0.25) is 0 Å². The van der Waals surface area contributed by atoms with E-state index < -0.39 is 0 Å². The lowest BCUT2D eigenvalue weighted by Crippen LogP contribution is -2.12. The molecule has 0 aliphatic heterocycles. The third kappa shape index (κ3) is 2.46. The Balaban J connectivity index is 1.58. The average molecular weight is 341 g/mol. The lowest BCUT2D eigenvalue weighted by Gasteiger charge is -2.00. The van der Waals surface area contributed by atoms with Gasteiger partial charge in [0.15, 0.2) is 5.13 Å². The van der Waals surface area contributed by atoms with E-state index in [-0.39, 0.29) is 11.7 Å². The van der Waals surface area contributed by atoms with Crippen LogP contribution in [0.4, 0.5) is 9.52 Å². The smallest absolute Gasteiger partial charge is 0.262 e. The Morgan fingerprint density at radius 3 is 2.83 bits per heavy atom. The monoisotopic (exact) mass is 341 g/mol. The van der Waals surface area contributed by atoms with Crippen LogP contribution in [0.3, 0.4) is 0 Å². The Morgan fingerprint density at radius 2 is 2.04 bits per heavy atom. The van der Waals surface area contributed by atoms with E-state index in [0.717, 1.165) is 5.56 Å². The lowest BCUT2D eigenvalue weighted by atomic mass is 10.2. The largest absolute Gasteiger partial charge is 0.334 e. The quantitative estimate of drug-likeness (QED) is 0.622. The van der Waals surface area contributed by atoms with E-state index in [9.17, 15) is 9.18 Å². The molecule has 0 fully saturated rings. The van der Waals surface area contributed by atoms with Gasteiger partial charge in [-0.2, -0.15) is 5.10 Å². The normalized spacial score (nSPS) is 11.1. The molecule has 24 heavy (non-hydrogen) atoms. The first-order valence-corrected chi connectivity index (χ1v) is 8.01. The molecule has 4 aromatic rings. The van der Waals surface area contributed by atoms with Gasteiger partial charge in [-0.3, -0.25) is 10.1 Å². The molecule has 0 spiro atoms. The summed E-state index contributed by atoms with van der Waals surface area (Å²) in [6.45, 7) is 0. The predicted octanol–water partition coefficient (Wildman–Crippen LogP) is 3.19. The van der Waals surface area contributed by atoms with Crippen LogP contribution < -0.4 is 5.32 Å². The average Bonchev–Trinajstić information content (AvgIpc) is 3.26. The topological polar surface area (TPSA) is 64.2 Å². The third-order valence-electron chi connectivity index (χ3n) is 3.64. The van der Waals surface area contributed by atoms with Gasteiger partial charge in [0.1, 0.15) is 17.0 Å². The van der Waals surface area contributed by atoms with E-state index in [0.29, 0.717) is 22.0 Å². The number of fused-ring (bicyclic) bond motifs is 1. The summed E-state index contributed by atoms with van der Waals surface area (Å²) in [5, 5.41) is 9.23. The van der Waals surface area contributed by atoms with Gasteiger partial charge >= 0.3 is 0 Å². The standard InChI is InChI=1S/C16H12FN5OS/c1-21-6-7-22-15(21)12(8-18-22)14(23)20-16-19-13(9-24-16)10-2-4-11(17)5-3-10/h2-9H,1H3,(H,19,20,23). The highest BCUT2D eigenvalue weighted by Gasteiger charge is 2.16. The van der Waals surface area contributed by atoms with Crippen LogP contribution in [0.2, 0.25) is 0 Å². The molecule has 0 bridgehead atoms. The number of nitrogens with one attached hydrogen (secondary N) is 1. The fourth-order valence-electron chi connectivity index (χ4n) is 2.46. The molecule has 3 aromatic heterocycles. The molecule has 0 atom stereocenters. The number of hydrogen-bond acceptors (Lipinski definition) is 4. The zero-order chi connectivity index (χ0) is 16.7. The summed E-state index contributed by atoms with van der Waals surface area (Å²) < 4.78 is 16.5. The number of anilines is 1. The van der Waals surface area contributed by atoms with E-state index >= 15 is 0 Å². The maximum Gasteiger partial charge on any atom is 0.262 e. The van der Waals surface area contributed by atoms with Crippen molar-refractivity contribution in [3.8, 4) is 11.3 Å². The van der Waals surface area contributed by atoms with Gasteiger partial charge in [-0.15, -0.1) is 11.3 Å². The van der Waals surface area contributed by atoms with Crippen LogP contribution in [-0.4, -0.2) is 25.1 Å². The first-order valence-electron chi connectivity index (χ1n) is 7.13. The maximum atomic E-state index is 13.0. The van der Waals surface area contributed by atoms with Crippen LogP contribution in [0.25, 0.3) is 16.9 Å². The molecular formula is C16H12FN5OS. The van der Waals surface area contributed by atoms with Crippen LogP contribution >= 0.6 is 11.3 Å². The van der Waals surface area contributed by atoms with E-state index in [4.69, 9.17) is 0 Å². The Hall–Kier alpha value is -3.00. The van der Waals surface area contributed by atoms with Crippen molar-refractivity contribution < 1.29 is 9.18 Å². The van der Waals surface area contributed by atoms with Gasteiger partial charge in [0.25, 0.3) is 5.91 Å². The number of aryl methyl sites for hydroxylation is 1. The Kier molecular flexibility index (Phi) is 3.39. The van der Waals surface area contributed by atoms with Crippen molar-refractivity contribution in [2.24, 2.45) is 7.05 Å². The van der Waals surface area contributed by atoms with E-state index in [1.54, 1.807) is 22.8 Å². The van der Waals surface area contributed by atoms with Gasteiger partial charge in [0.05, 0.1) is 11.9 Å². The van der Waals surface area contributed by atoms with Crippen molar-refractivity contribution in [3.63, 3.8) is 0 Å². The number of aromatic nitrogens is 4. The number of thiazole rings is 1. The molecule has 1 N–H and O–H groups in total. The molecule has 120 valence electrons. The summed E-state index contributed by atoms with van der Waals surface area (Å²) in [6, 6.07) is 6.07. The van der Waals surface area contributed by atoms with Crippen LogP contribution in [0.5, 0.6) is 0 Å². The van der Waals surface area contributed by atoms with Crippen LogP contribution in [0.15, 0.2) is 48.2 Å². The highest BCUT2D eigenvalue weighted by atomic mass is 32.1. The number of amides is 1. The van der Waals surface area contributed by atoms with Gasteiger partial charge in [-0.05, 0) is 24.3 Å². The molecule has 1 aromatic carbocycles. The molecule has 8 heteroatoms. The van der Waals surface area contributed by atoms with Gasteiger partial charge < -0.3 is 4.57 Å². The number of rotatable bonds is 3. The van der Waals surface area contributed by atoms with Gasteiger partial charge in [-0.1, -0.05) is 0 Å². The molecule has 1 amide bonds. The zero-order valence-corrected chi connectivity index (χ0v) is 13.4. The van der Waals surface area contributed by atoms with Gasteiger partial charge in [0, 0.05) is 30.4 Å². The minimum atomic E-state index is -0.296. The predicted molar refractivity (Wildman–Crippen MR) is 89.6 cm³/mol. The summed E-state index contributed by atoms with van der Waals surface area (Å²) in [4.78, 5) is 16.8. The van der Waals surface area contributed by atoms with Crippen molar-refractivity contribution in [1.82, 2.24) is 19.2 Å². The first kappa shape index (κ1) is 14.6. The minimum absolute atomic E-state index is 0.271. The minimum Gasteiger partial charge on any atom is -0.334 e. The second-order valence-corrected chi connectivity index (χ2v) is 6.09. The number of carbonyl (C=O) groups excluding carboxylic acids is 1. The van der Waals surface area contributed by atoms with Gasteiger partial charge in [-0.25, -0.2) is 13.9 Å². The zero-order valence-electron chi connectivity index (χ0n) is 12.6. The van der Waals surface area contributed by atoms with Crippen LogP contribution in [0, 0.1) is 5.82 Å². The second-order valence-electron chi connectivity index (χ2n) is 5.23. The van der Waals surface area contributed by atoms with Crippen LogP contribution in [-0.2, 0) is 7.05 Å². The lowest BCUT2D eigenvalue weighted by molar-refractivity contribution is 0.102. The van der Waals surface area contributed by atoms with Crippen molar-refractivity contribution in [2.75, 3.05) is 5.32 Å². The number of benzene rings is 1. The molecule has 0 aliphatic carbocycles. The second kappa shape index (κ2) is 5.57. The maximum absolute atomic E-state index is 13.0. The molecule has 0 unspecified atom stereocenters. The van der Waals surface area contributed by atoms with Crippen molar-refractivity contribution >= 4 is 28.0 Å². The first-order chi connectivity index (χ1) is 11.6. The van der Waals surface area contributed by atoms with E-state index in [2.05, 4.69) is 15.4 Å². The van der Waals surface area contributed by atoms with Crippen molar-refractivity contribution in [1.29, 1.82) is 0 Å². The molecule has 0 saturated heterocycles. The number of nitrogens with zero attached hydrogens (tertiary/aromatic N) is 4. The highest BCUT2D eigenvalue weighted by Crippen LogP contribution is 2.25. The number of carbonyl (C=O) groups is 1. The Labute approximate surface area is 140 Å². The summed E-state index contributed by atoms with van der Waals surface area (Å²) in [5.41, 5.74) is 2.67. The highest BCUT2D eigenvalue weighted by molar-refractivity contribution is 7.14. The number of halogens is 1. The molecule has 0 aliphatic rings. The summed E-state index contributed by atoms with van der Waals surface area (Å²) in [5.74, 6) is -0.567. The van der Waals surface area contributed by atoms with Crippen LogP contribution in [0.1, 0.15) is 10.4 Å². The molecule has 4 rings (SSSR count). The SMILES string of the molecule is Cn1ccn2ncc(C(=O)Nc3nc(-c4ccc(F)cc4)cs3)c12. The van der Waals surface area contributed by atoms with E-state index in [1.807, 2.05) is 23.2 Å². The molecular weight excluding hydrogens is 329 g/mol.